The first kappa shape index (κ1) is 10.9. The SMILES string of the molecule is CC(C)(COCC=O)c1ccccc1. The van der Waals surface area contributed by atoms with Gasteiger partial charge in [0.25, 0.3) is 0 Å². The number of carbonyl (C=O) groups excluding carboxylic acids is 1. The standard InChI is InChI=1S/C12H16O2/c1-12(2,10-14-9-8-13)11-6-4-3-5-7-11/h3-8H,9-10H2,1-2H3. The molecule has 14 heavy (non-hydrogen) atoms. The average Bonchev–Trinajstić information content (AvgIpc) is 2.19. The molecule has 0 aliphatic carbocycles. The first-order chi connectivity index (χ1) is 6.67. The molecule has 0 aliphatic rings. The summed E-state index contributed by atoms with van der Waals surface area (Å²) in [7, 11) is 0. The Bertz CT molecular complexity index is 278. The zero-order valence-electron chi connectivity index (χ0n) is 8.69. The summed E-state index contributed by atoms with van der Waals surface area (Å²) in [6.07, 6.45) is 0.779. The fraction of sp³-hybridized carbons (Fsp3) is 0.417. The first-order valence-corrected chi connectivity index (χ1v) is 4.74. The zero-order valence-corrected chi connectivity index (χ0v) is 8.69. The van der Waals surface area contributed by atoms with Crippen LogP contribution in [0.15, 0.2) is 30.3 Å². The van der Waals surface area contributed by atoms with Crippen molar-refractivity contribution in [3.63, 3.8) is 0 Å². The minimum atomic E-state index is -0.0374. The summed E-state index contributed by atoms with van der Waals surface area (Å²) >= 11 is 0. The Kier molecular flexibility index (Phi) is 3.84. The van der Waals surface area contributed by atoms with Crippen LogP contribution >= 0.6 is 0 Å². The molecular formula is C12H16O2. The van der Waals surface area contributed by atoms with Crippen LogP contribution in [0.3, 0.4) is 0 Å². The van der Waals surface area contributed by atoms with E-state index in [1.807, 2.05) is 18.2 Å². The number of aldehydes is 1. The lowest BCUT2D eigenvalue weighted by molar-refractivity contribution is -0.112. The van der Waals surface area contributed by atoms with Gasteiger partial charge in [-0.3, -0.25) is 0 Å². The van der Waals surface area contributed by atoms with E-state index in [9.17, 15) is 4.79 Å². The van der Waals surface area contributed by atoms with Gasteiger partial charge in [-0.05, 0) is 5.56 Å². The molecule has 0 saturated heterocycles. The lowest BCUT2D eigenvalue weighted by Gasteiger charge is -2.24. The van der Waals surface area contributed by atoms with E-state index >= 15 is 0 Å². The molecule has 0 aromatic heterocycles. The Balaban J connectivity index is 2.61. The van der Waals surface area contributed by atoms with Gasteiger partial charge in [-0.15, -0.1) is 0 Å². The van der Waals surface area contributed by atoms with E-state index in [0.29, 0.717) is 6.61 Å². The topological polar surface area (TPSA) is 26.3 Å². The summed E-state index contributed by atoms with van der Waals surface area (Å²) in [5, 5.41) is 0. The molecule has 0 heterocycles. The van der Waals surface area contributed by atoms with E-state index in [0.717, 1.165) is 6.29 Å². The number of carbonyl (C=O) groups is 1. The fourth-order valence-electron chi connectivity index (χ4n) is 1.33. The molecule has 0 atom stereocenters. The molecule has 0 unspecified atom stereocenters. The Morgan fingerprint density at radius 2 is 1.93 bits per heavy atom. The Morgan fingerprint density at radius 1 is 1.29 bits per heavy atom. The van der Waals surface area contributed by atoms with Crippen molar-refractivity contribution >= 4 is 6.29 Å². The number of rotatable bonds is 5. The van der Waals surface area contributed by atoms with Crippen molar-refractivity contribution in [2.45, 2.75) is 19.3 Å². The number of hydrogen-bond acceptors (Lipinski definition) is 2. The highest BCUT2D eigenvalue weighted by molar-refractivity contribution is 5.50. The number of benzene rings is 1. The number of ether oxygens (including phenoxy) is 1. The van der Waals surface area contributed by atoms with E-state index in [-0.39, 0.29) is 12.0 Å². The van der Waals surface area contributed by atoms with Crippen molar-refractivity contribution in [2.75, 3.05) is 13.2 Å². The van der Waals surface area contributed by atoms with Gasteiger partial charge in [0.2, 0.25) is 0 Å². The Hall–Kier alpha value is -1.15. The molecule has 0 bridgehead atoms. The van der Waals surface area contributed by atoms with Gasteiger partial charge < -0.3 is 9.53 Å². The third-order valence-corrected chi connectivity index (χ3v) is 2.20. The van der Waals surface area contributed by atoms with E-state index in [1.165, 1.54) is 5.56 Å². The predicted molar refractivity (Wildman–Crippen MR) is 56.4 cm³/mol. The predicted octanol–water partition coefficient (Wildman–Crippen LogP) is 2.18. The zero-order chi connectivity index (χ0) is 10.4. The van der Waals surface area contributed by atoms with E-state index in [4.69, 9.17) is 4.74 Å². The highest BCUT2D eigenvalue weighted by Crippen LogP contribution is 2.22. The van der Waals surface area contributed by atoms with Crippen LogP contribution < -0.4 is 0 Å². The number of hydrogen-bond donors (Lipinski definition) is 0. The second-order valence-corrected chi connectivity index (χ2v) is 3.93. The van der Waals surface area contributed by atoms with Crippen LogP contribution in [0.4, 0.5) is 0 Å². The molecule has 1 rings (SSSR count). The lowest BCUT2D eigenvalue weighted by atomic mass is 9.86. The monoisotopic (exact) mass is 192 g/mol. The van der Waals surface area contributed by atoms with Gasteiger partial charge in [0.1, 0.15) is 12.9 Å². The summed E-state index contributed by atoms with van der Waals surface area (Å²) in [5.41, 5.74) is 1.19. The summed E-state index contributed by atoms with van der Waals surface area (Å²) in [4.78, 5) is 10.1. The van der Waals surface area contributed by atoms with Crippen LogP contribution in [-0.2, 0) is 14.9 Å². The minimum absolute atomic E-state index is 0.0374. The highest BCUT2D eigenvalue weighted by Gasteiger charge is 2.19. The molecule has 0 aliphatic heterocycles. The van der Waals surface area contributed by atoms with Crippen molar-refractivity contribution in [2.24, 2.45) is 0 Å². The second-order valence-electron chi connectivity index (χ2n) is 3.93. The van der Waals surface area contributed by atoms with Crippen LogP contribution in [0, 0.1) is 0 Å². The molecule has 0 radical (unpaired) electrons. The minimum Gasteiger partial charge on any atom is -0.373 e. The van der Waals surface area contributed by atoms with Gasteiger partial charge in [-0.2, -0.15) is 0 Å². The molecule has 76 valence electrons. The molecule has 1 aromatic carbocycles. The molecule has 0 spiro atoms. The van der Waals surface area contributed by atoms with Crippen molar-refractivity contribution in [1.82, 2.24) is 0 Å². The van der Waals surface area contributed by atoms with E-state index in [1.54, 1.807) is 0 Å². The quantitative estimate of drug-likeness (QED) is 0.528. The third kappa shape index (κ3) is 2.96. The van der Waals surface area contributed by atoms with Gasteiger partial charge in [-0.1, -0.05) is 44.2 Å². The molecule has 0 amide bonds. The maximum Gasteiger partial charge on any atom is 0.145 e. The maximum atomic E-state index is 10.1. The van der Waals surface area contributed by atoms with Crippen molar-refractivity contribution in [3.8, 4) is 0 Å². The molecule has 0 N–H and O–H groups in total. The smallest absolute Gasteiger partial charge is 0.145 e. The molecule has 2 heteroatoms. The fourth-order valence-corrected chi connectivity index (χ4v) is 1.33. The summed E-state index contributed by atoms with van der Waals surface area (Å²) in [6.45, 7) is 4.95. The maximum absolute atomic E-state index is 10.1. The summed E-state index contributed by atoms with van der Waals surface area (Å²) in [5.74, 6) is 0. The van der Waals surface area contributed by atoms with E-state index < -0.39 is 0 Å². The van der Waals surface area contributed by atoms with Gasteiger partial charge in [-0.25, -0.2) is 0 Å². The Morgan fingerprint density at radius 3 is 2.50 bits per heavy atom. The van der Waals surface area contributed by atoms with Crippen LogP contribution in [0.1, 0.15) is 19.4 Å². The van der Waals surface area contributed by atoms with Gasteiger partial charge >= 0.3 is 0 Å². The first-order valence-electron chi connectivity index (χ1n) is 4.74. The molecule has 0 saturated carbocycles. The van der Waals surface area contributed by atoms with Crippen LogP contribution in [-0.4, -0.2) is 19.5 Å². The van der Waals surface area contributed by atoms with Gasteiger partial charge in [0.15, 0.2) is 0 Å². The van der Waals surface area contributed by atoms with Crippen molar-refractivity contribution in [1.29, 1.82) is 0 Å². The second kappa shape index (κ2) is 4.91. The van der Waals surface area contributed by atoms with Crippen molar-refractivity contribution < 1.29 is 9.53 Å². The highest BCUT2D eigenvalue weighted by atomic mass is 16.5. The molecule has 2 nitrogen and oxygen atoms in total. The molecule has 1 aromatic rings. The Labute approximate surface area is 84.9 Å². The van der Waals surface area contributed by atoms with Crippen molar-refractivity contribution in [3.05, 3.63) is 35.9 Å². The molecular weight excluding hydrogens is 176 g/mol. The summed E-state index contributed by atoms with van der Waals surface area (Å²) in [6, 6.07) is 10.2. The lowest BCUT2D eigenvalue weighted by Crippen LogP contribution is -2.24. The molecule has 0 fully saturated rings. The normalized spacial score (nSPS) is 11.3. The summed E-state index contributed by atoms with van der Waals surface area (Å²) < 4.78 is 5.23. The largest absolute Gasteiger partial charge is 0.373 e. The van der Waals surface area contributed by atoms with Gasteiger partial charge in [0.05, 0.1) is 6.61 Å². The van der Waals surface area contributed by atoms with E-state index in [2.05, 4.69) is 26.0 Å². The third-order valence-electron chi connectivity index (χ3n) is 2.20. The average molecular weight is 192 g/mol. The van der Waals surface area contributed by atoms with Gasteiger partial charge in [0, 0.05) is 5.41 Å². The van der Waals surface area contributed by atoms with Crippen LogP contribution in [0.2, 0.25) is 0 Å². The van der Waals surface area contributed by atoms with Crippen LogP contribution in [0.5, 0.6) is 0 Å². The van der Waals surface area contributed by atoms with Crippen LogP contribution in [0.25, 0.3) is 0 Å².